The molecule has 0 bridgehead atoms. The second kappa shape index (κ2) is 4.61. The molecule has 2 aromatic rings. The van der Waals surface area contributed by atoms with Crippen molar-refractivity contribution in [2.45, 2.75) is 33.6 Å². The molecule has 0 saturated carbocycles. The zero-order chi connectivity index (χ0) is 12.6. The van der Waals surface area contributed by atoms with E-state index in [0.29, 0.717) is 11.7 Å². The molecule has 0 unspecified atom stereocenters. The van der Waals surface area contributed by atoms with Crippen molar-refractivity contribution in [1.29, 1.82) is 0 Å². The van der Waals surface area contributed by atoms with Gasteiger partial charge in [-0.1, -0.05) is 34.9 Å². The van der Waals surface area contributed by atoms with Crippen molar-refractivity contribution >= 4 is 15.9 Å². The number of halogens is 1. The lowest BCUT2D eigenvalue weighted by molar-refractivity contribution is 0.365. The summed E-state index contributed by atoms with van der Waals surface area (Å²) in [5, 5.41) is 4.06. The van der Waals surface area contributed by atoms with E-state index >= 15 is 0 Å². The summed E-state index contributed by atoms with van der Waals surface area (Å²) in [6.07, 6.45) is 0. The van der Waals surface area contributed by atoms with E-state index in [2.05, 4.69) is 52.1 Å². The van der Waals surface area contributed by atoms with Crippen LogP contribution in [-0.2, 0) is 0 Å². The Morgan fingerprint density at radius 1 is 1.18 bits per heavy atom. The minimum absolute atomic E-state index is 0.257. The molecule has 0 spiro atoms. The molecule has 0 fully saturated rings. The van der Waals surface area contributed by atoms with Crippen molar-refractivity contribution in [3.05, 3.63) is 33.6 Å². The third-order valence-electron chi connectivity index (χ3n) is 2.66. The zero-order valence-electron chi connectivity index (χ0n) is 10.4. The fourth-order valence-electron chi connectivity index (χ4n) is 1.83. The zero-order valence-corrected chi connectivity index (χ0v) is 12.0. The van der Waals surface area contributed by atoms with Crippen molar-refractivity contribution < 1.29 is 4.52 Å². The van der Waals surface area contributed by atoms with Crippen molar-refractivity contribution in [2.24, 2.45) is 0 Å². The Morgan fingerprint density at radius 2 is 1.76 bits per heavy atom. The summed E-state index contributed by atoms with van der Waals surface area (Å²) in [6, 6.07) is 4.13. The quantitative estimate of drug-likeness (QED) is 0.831. The van der Waals surface area contributed by atoms with Crippen LogP contribution in [-0.4, -0.2) is 10.1 Å². The van der Waals surface area contributed by atoms with Crippen LogP contribution in [0, 0.1) is 13.8 Å². The second-order valence-corrected chi connectivity index (χ2v) is 5.44. The van der Waals surface area contributed by atoms with Crippen LogP contribution in [0.5, 0.6) is 0 Å². The summed E-state index contributed by atoms with van der Waals surface area (Å²) in [4.78, 5) is 4.44. The van der Waals surface area contributed by atoms with Gasteiger partial charge in [-0.2, -0.15) is 4.98 Å². The van der Waals surface area contributed by atoms with Gasteiger partial charge in [-0.25, -0.2) is 0 Å². The predicted octanol–water partition coefficient (Wildman–Crippen LogP) is 4.24. The number of hydrogen-bond acceptors (Lipinski definition) is 3. The Bertz CT molecular complexity index is 523. The highest BCUT2D eigenvalue weighted by molar-refractivity contribution is 9.10. The smallest absolute Gasteiger partial charge is 0.229 e. The number of benzene rings is 1. The van der Waals surface area contributed by atoms with E-state index in [9.17, 15) is 0 Å². The summed E-state index contributed by atoms with van der Waals surface area (Å²) in [5.41, 5.74) is 3.35. The molecule has 4 heteroatoms. The molecule has 0 aliphatic rings. The number of aromatic nitrogens is 2. The molecular weight excluding hydrogens is 280 g/mol. The van der Waals surface area contributed by atoms with Gasteiger partial charge in [-0.15, -0.1) is 0 Å². The van der Waals surface area contributed by atoms with Crippen LogP contribution in [0.4, 0.5) is 0 Å². The van der Waals surface area contributed by atoms with Crippen molar-refractivity contribution in [2.75, 3.05) is 0 Å². The first-order chi connectivity index (χ1) is 7.99. The number of rotatable bonds is 2. The molecule has 3 nitrogen and oxygen atoms in total. The summed E-state index contributed by atoms with van der Waals surface area (Å²) in [5.74, 6) is 1.62. The molecule has 0 N–H and O–H groups in total. The summed E-state index contributed by atoms with van der Waals surface area (Å²) < 4.78 is 6.32. The molecule has 1 heterocycles. The van der Waals surface area contributed by atoms with Crippen LogP contribution in [0.3, 0.4) is 0 Å². The molecule has 1 aromatic carbocycles. The highest BCUT2D eigenvalue weighted by Gasteiger charge is 2.15. The number of nitrogens with zero attached hydrogens (tertiary/aromatic N) is 2. The molecular formula is C13H15BrN2O. The van der Waals surface area contributed by atoms with E-state index in [1.807, 2.05) is 13.8 Å². The Balaban J connectivity index is 2.52. The second-order valence-electron chi connectivity index (χ2n) is 4.53. The molecule has 0 saturated heterocycles. The number of aryl methyl sites for hydroxylation is 2. The van der Waals surface area contributed by atoms with Gasteiger partial charge in [-0.05, 0) is 37.1 Å². The maximum atomic E-state index is 5.25. The molecule has 0 radical (unpaired) electrons. The monoisotopic (exact) mass is 294 g/mol. The van der Waals surface area contributed by atoms with E-state index in [1.54, 1.807) is 0 Å². The lowest BCUT2D eigenvalue weighted by Crippen LogP contribution is -1.92. The Hall–Kier alpha value is -1.16. The van der Waals surface area contributed by atoms with E-state index in [4.69, 9.17) is 4.52 Å². The summed E-state index contributed by atoms with van der Waals surface area (Å²) in [6.45, 7) is 8.19. The van der Waals surface area contributed by atoms with Crippen LogP contribution in [0.25, 0.3) is 11.4 Å². The summed E-state index contributed by atoms with van der Waals surface area (Å²) in [7, 11) is 0. The molecule has 2 rings (SSSR count). The van der Waals surface area contributed by atoms with Gasteiger partial charge < -0.3 is 4.52 Å². The Labute approximate surface area is 109 Å². The maximum absolute atomic E-state index is 5.25. The van der Waals surface area contributed by atoms with Crippen molar-refractivity contribution in [3.8, 4) is 11.4 Å². The van der Waals surface area contributed by atoms with Gasteiger partial charge in [0.05, 0.1) is 0 Å². The molecule has 0 amide bonds. The van der Waals surface area contributed by atoms with E-state index in [0.717, 1.165) is 21.2 Å². The first kappa shape index (κ1) is 12.3. The molecule has 0 aliphatic heterocycles. The van der Waals surface area contributed by atoms with Gasteiger partial charge in [0.15, 0.2) is 0 Å². The normalized spacial score (nSPS) is 11.2. The topological polar surface area (TPSA) is 38.9 Å². The average molecular weight is 295 g/mol. The van der Waals surface area contributed by atoms with Crippen molar-refractivity contribution in [3.63, 3.8) is 0 Å². The van der Waals surface area contributed by atoms with Crippen molar-refractivity contribution in [1.82, 2.24) is 10.1 Å². The highest BCUT2D eigenvalue weighted by atomic mass is 79.9. The van der Waals surface area contributed by atoms with Crippen LogP contribution >= 0.6 is 15.9 Å². The minimum Gasteiger partial charge on any atom is -0.339 e. The SMILES string of the molecule is Cc1cc(Br)cc(C)c1-c1noc(C(C)C)n1. The van der Waals surface area contributed by atoms with Gasteiger partial charge in [-0.3, -0.25) is 0 Å². The lowest BCUT2D eigenvalue weighted by Gasteiger charge is -2.06. The van der Waals surface area contributed by atoms with E-state index < -0.39 is 0 Å². The van der Waals surface area contributed by atoms with Gasteiger partial charge in [0.2, 0.25) is 11.7 Å². The standard InChI is InChI=1S/C13H15BrN2O/c1-7(2)13-15-12(16-17-13)11-8(3)5-10(14)6-9(11)4/h5-7H,1-4H3. The van der Waals surface area contributed by atoms with Crippen LogP contribution in [0.15, 0.2) is 21.1 Å². The van der Waals surface area contributed by atoms with Crippen LogP contribution in [0.1, 0.15) is 36.8 Å². The fraction of sp³-hybridized carbons (Fsp3) is 0.385. The number of hydrogen-bond donors (Lipinski definition) is 0. The largest absolute Gasteiger partial charge is 0.339 e. The Kier molecular flexibility index (Phi) is 3.33. The molecule has 17 heavy (non-hydrogen) atoms. The molecule has 0 atom stereocenters. The predicted molar refractivity (Wildman–Crippen MR) is 71.0 cm³/mol. The highest BCUT2D eigenvalue weighted by Crippen LogP contribution is 2.29. The third-order valence-corrected chi connectivity index (χ3v) is 3.11. The van der Waals surface area contributed by atoms with E-state index in [1.165, 1.54) is 0 Å². The maximum Gasteiger partial charge on any atom is 0.229 e. The van der Waals surface area contributed by atoms with Crippen LogP contribution < -0.4 is 0 Å². The Morgan fingerprint density at radius 3 is 2.24 bits per heavy atom. The summed E-state index contributed by atoms with van der Waals surface area (Å²) >= 11 is 3.48. The molecule has 90 valence electrons. The third kappa shape index (κ3) is 2.41. The molecule has 0 aliphatic carbocycles. The lowest BCUT2D eigenvalue weighted by atomic mass is 10.0. The minimum atomic E-state index is 0.257. The molecule has 1 aromatic heterocycles. The first-order valence-electron chi connectivity index (χ1n) is 5.59. The van der Waals surface area contributed by atoms with Crippen LogP contribution in [0.2, 0.25) is 0 Å². The van der Waals surface area contributed by atoms with Gasteiger partial charge in [0.1, 0.15) is 0 Å². The van der Waals surface area contributed by atoms with Gasteiger partial charge in [0, 0.05) is 16.0 Å². The van der Waals surface area contributed by atoms with Gasteiger partial charge >= 0.3 is 0 Å². The van der Waals surface area contributed by atoms with Gasteiger partial charge in [0.25, 0.3) is 0 Å². The van der Waals surface area contributed by atoms with E-state index in [-0.39, 0.29) is 5.92 Å². The fourth-order valence-corrected chi connectivity index (χ4v) is 2.52. The first-order valence-corrected chi connectivity index (χ1v) is 6.39. The average Bonchev–Trinajstić information content (AvgIpc) is 2.65.